The van der Waals surface area contributed by atoms with Crippen molar-refractivity contribution in [3.8, 4) is 0 Å². The third-order valence-corrected chi connectivity index (χ3v) is 2.99. The van der Waals surface area contributed by atoms with Crippen molar-refractivity contribution in [2.24, 2.45) is 0 Å². The van der Waals surface area contributed by atoms with Crippen LogP contribution in [0.15, 0.2) is 10.9 Å². The number of nitrogens with zero attached hydrogens (tertiary/aromatic N) is 3. The molecule has 104 valence electrons. The molecule has 0 spiro atoms. The van der Waals surface area contributed by atoms with Crippen molar-refractivity contribution in [3.63, 3.8) is 0 Å². The van der Waals surface area contributed by atoms with Crippen LogP contribution < -0.4 is 16.2 Å². The molecule has 2 amide bonds. The van der Waals surface area contributed by atoms with Crippen LogP contribution in [0.1, 0.15) is 17.9 Å². The number of urea groups is 1. The Bertz CT molecular complexity index is 523. The lowest BCUT2D eigenvalue weighted by Crippen LogP contribution is -2.35. The molecule has 0 saturated carbocycles. The Labute approximate surface area is 111 Å². The average Bonchev–Trinajstić information content (AvgIpc) is 2.61. The zero-order valence-corrected chi connectivity index (χ0v) is 11.3. The highest BCUT2D eigenvalue weighted by Crippen LogP contribution is 2.01. The Morgan fingerprint density at radius 1 is 1.58 bits per heavy atom. The van der Waals surface area contributed by atoms with E-state index in [4.69, 9.17) is 0 Å². The minimum absolute atomic E-state index is 0.0530. The maximum Gasteiger partial charge on any atom is 0.317 e. The molecule has 0 fully saturated rings. The largest absolute Gasteiger partial charge is 0.332 e. The van der Waals surface area contributed by atoms with Crippen LogP contribution in [0.5, 0.6) is 0 Å². The van der Waals surface area contributed by atoms with Crippen LogP contribution in [0.3, 0.4) is 0 Å². The number of aromatic nitrogens is 2. The van der Waals surface area contributed by atoms with E-state index < -0.39 is 0 Å². The summed E-state index contributed by atoms with van der Waals surface area (Å²) in [5.41, 5.74) is 0.540. The van der Waals surface area contributed by atoms with E-state index in [2.05, 4.69) is 15.6 Å². The van der Waals surface area contributed by atoms with Gasteiger partial charge in [0, 0.05) is 26.7 Å². The lowest BCUT2D eigenvalue weighted by atomic mass is 10.3. The van der Waals surface area contributed by atoms with Gasteiger partial charge in [-0.2, -0.15) is 0 Å². The van der Waals surface area contributed by atoms with E-state index in [-0.39, 0.29) is 18.1 Å². The molecule has 0 aliphatic carbocycles. The summed E-state index contributed by atoms with van der Waals surface area (Å²) in [6, 6.07) is 1.29. The lowest BCUT2D eigenvalue weighted by molar-refractivity contribution is 0.217. The minimum atomic E-state index is -0.199. The van der Waals surface area contributed by atoms with Crippen LogP contribution in [-0.2, 0) is 19.6 Å². The fraction of sp³-hybridized carbons (Fsp3) is 0.583. The van der Waals surface area contributed by atoms with Gasteiger partial charge >= 0.3 is 6.03 Å². The summed E-state index contributed by atoms with van der Waals surface area (Å²) in [5, 5.41) is 5.93. The Morgan fingerprint density at radius 2 is 2.37 bits per heavy atom. The van der Waals surface area contributed by atoms with Crippen LogP contribution >= 0.6 is 0 Å². The van der Waals surface area contributed by atoms with Gasteiger partial charge < -0.3 is 15.5 Å². The zero-order chi connectivity index (χ0) is 13.8. The summed E-state index contributed by atoms with van der Waals surface area (Å²) < 4.78 is 1.69. The fourth-order valence-corrected chi connectivity index (χ4v) is 1.96. The second-order valence-corrected chi connectivity index (χ2v) is 4.74. The number of hydrogen-bond acceptors (Lipinski definition) is 4. The molecule has 1 aromatic heterocycles. The summed E-state index contributed by atoms with van der Waals surface area (Å²) in [4.78, 5) is 29.3. The molecule has 7 nitrogen and oxygen atoms in total. The van der Waals surface area contributed by atoms with Crippen LogP contribution in [0, 0.1) is 0 Å². The first-order valence-corrected chi connectivity index (χ1v) is 6.33. The number of fused-ring (bicyclic) bond motifs is 1. The van der Waals surface area contributed by atoms with Crippen molar-refractivity contribution in [2.75, 3.05) is 20.6 Å². The molecular weight excluding hydrogens is 246 g/mol. The molecule has 1 aromatic rings. The first-order valence-electron chi connectivity index (χ1n) is 6.33. The van der Waals surface area contributed by atoms with E-state index >= 15 is 0 Å². The van der Waals surface area contributed by atoms with Crippen LogP contribution in [0.2, 0.25) is 0 Å². The van der Waals surface area contributed by atoms with E-state index in [1.54, 1.807) is 18.7 Å². The molecule has 2 N–H and O–H groups in total. The number of hydrogen-bond donors (Lipinski definition) is 2. The van der Waals surface area contributed by atoms with Gasteiger partial charge in [-0.3, -0.25) is 9.36 Å². The van der Waals surface area contributed by atoms with Crippen molar-refractivity contribution in [1.82, 2.24) is 25.1 Å². The molecule has 1 aliphatic heterocycles. The van der Waals surface area contributed by atoms with Gasteiger partial charge in [0.15, 0.2) is 0 Å². The van der Waals surface area contributed by atoms with Gasteiger partial charge in [0.25, 0.3) is 5.56 Å². The summed E-state index contributed by atoms with van der Waals surface area (Å²) >= 11 is 0. The smallest absolute Gasteiger partial charge is 0.317 e. The third kappa shape index (κ3) is 3.31. The topological polar surface area (TPSA) is 79.3 Å². The van der Waals surface area contributed by atoms with Crippen LogP contribution in [0.4, 0.5) is 4.79 Å². The summed E-state index contributed by atoms with van der Waals surface area (Å²) in [5.74, 6) is 0.735. The molecule has 2 rings (SSSR count). The van der Waals surface area contributed by atoms with Gasteiger partial charge in [-0.05, 0) is 13.0 Å². The number of carbonyl (C=O) groups excluding carboxylic acids is 1. The maximum atomic E-state index is 12.0. The van der Waals surface area contributed by atoms with Crippen LogP contribution in [-0.4, -0.2) is 41.1 Å². The highest BCUT2D eigenvalue weighted by Gasteiger charge is 2.12. The second kappa shape index (κ2) is 5.83. The number of nitrogens with one attached hydrogen (secondary N) is 2. The van der Waals surface area contributed by atoms with Gasteiger partial charge in [0.1, 0.15) is 5.82 Å². The van der Waals surface area contributed by atoms with Crippen LogP contribution in [0.25, 0.3) is 0 Å². The number of rotatable bonds is 2. The van der Waals surface area contributed by atoms with E-state index in [0.717, 1.165) is 18.8 Å². The number of amides is 2. The standard InChI is InChI=1S/C12H19N5O2/c1-16(2)12(19)14-7-9-6-11(18)17-5-3-4-13-8-10(17)15-9/h6,13H,3-5,7-8H2,1-2H3,(H,14,19). The van der Waals surface area contributed by atoms with E-state index in [1.807, 2.05) is 0 Å². The molecule has 0 saturated heterocycles. The van der Waals surface area contributed by atoms with E-state index in [9.17, 15) is 9.59 Å². The monoisotopic (exact) mass is 265 g/mol. The Morgan fingerprint density at radius 3 is 3.11 bits per heavy atom. The lowest BCUT2D eigenvalue weighted by Gasteiger charge is -2.13. The first kappa shape index (κ1) is 13.5. The van der Waals surface area contributed by atoms with Crippen molar-refractivity contribution in [1.29, 1.82) is 0 Å². The summed E-state index contributed by atoms with van der Waals surface area (Å²) in [7, 11) is 3.33. The molecule has 19 heavy (non-hydrogen) atoms. The molecule has 0 bridgehead atoms. The van der Waals surface area contributed by atoms with Crippen molar-refractivity contribution in [2.45, 2.75) is 26.1 Å². The molecule has 0 atom stereocenters. The van der Waals surface area contributed by atoms with Gasteiger partial charge in [-0.15, -0.1) is 0 Å². The SMILES string of the molecule is CN(C)C(=O)NCc1cc(=O)n2c(n1)CNCCC2. The van der Waals surface area contributed by atoms with Gasteiger partial charge in [-0.1, -0.05) is 0 Å². The van der Waals surface area contributed by atoms with Crippen molar-refractivity contribution >= 4 is 6.03 Å². The first-order chi connectivity index (χ1) is 9.08. The Hall–Kier alpha value is -1.89. The maximum absolute atomic E-state index is 12.0. The highest BCUT2D eigenvalue weighted by atomic mass is 16.2. The fourth-order valence-electron chi connectivity index (χ4n) is 1.96. The van der Waals surface area contributed by atoms with Gasteiger partial charge in [0.05, 0.1) is 18.8 Å². The molecule has 1 aliphatic rings. The van der Waals surface area contributed by atoms with E-state index in [1.165, 1.54) is 11.0 Å². The molecule has 0 radical (unpaired) electrons. The molecule has 0 unspecified atom stereocenters. The number of carbonyl (C=O) groups is 1. The predicted octanol–water partition coefficient (Wildman–Crippen LogP) is -0.492. The average molecular weight is 265 g/mol. The summed E-state index contributed by atoms with van der Waals surface area (Å²) in [6.07, 6.45) is 0.922. The van der Waals surface area contributed by atoms with Crippen molar-refractivity contribution < 1.29 is 4.79 Å². The van der Waals surface area contributed by atoms with Crippen molar-refractivity contribution in [3.05, 3.63) is 27.9 Å². The molecular formula is C12H19N5O2. The zero-order valence-electron chi connectivity index (χ0n) is 11.3. The Balaban J connectivity index is 2.15. The van der Waals surface area contributed by atoms with Gasteiger partial charge in [0.2, 0.25) is 0 Å². The molecule has 7 heteroatoms. The quantitative estimate of drug-likeness (QED) is 0.756. The molecule has 2 heterocycles. The van der Waals surface area contributed by atoms with Gasteiger partial charge in [-0.25, -0.2) is 9.78 Å². The third-order valence-electron chi connectivity index (χ3n) is 2.99. The minimum Gasteiger partial charge on any atom is -0.332 e. The van der Waals surface area contributed by atoms with E-state index in [0.29, 0.717) is 18.8 Å². The summed E-state index contributed by atoms with van der Waals surface area (Å²) in [6.45, 7) is 2.43. The molecule has 0 aromatic carbocycles. The normalized spacial score (nSPS) is 14.4. The predicted molar refractivity (Wildman–Crippen MR) is 70.7 cm³/mol. The highest BCUT2D eigenvalue weighted by molar-refractivity contribution is 5.73. The second-order valence-electron chi connectivity index (χ2n) is 4.74. The Kier molecular flexibility index (Phi) is 4.16.